The van der Waals surface area contributed by atoms with Crippen molar-refractivity contribution in [2.45, 2.75) is 31.4 Å². The lowest BCUT2D eigenvalue weighted by molar-refractivity contribution is -0.145. The summed E-state index contributed by atoms with van der Waals surface area (Å²) < 4.78 is 4.92. The third-order valence-electron chi connectivity index (χ3n) is 2.43. The lowest BCUT2D eigenvalue weighted by Crippen LogP contribution is -2.39. The Hall–Kier alpha value is -1.57. The van der Waals surface area contributed by atoms with Crippen LogP contribution in [0.15, 0.2) is 0 Å². The molecule has 8 heteroatoms. The molecule has 0 aromatic carbocycles. The standard InChI is InChI=1S/C11H16N2O5S/c1-2-3-4-18-9(15)5-7-10(16)13(6-8(12)14)11(17)19-7/h7H,2-6H2,1H3,(H2,12,14)/t7-/m0/s1. The summed E-state index contributed by atoms with van der Waals surface area (Å²) in [5.74, 6) is -1.86. The number of carbonyl (C=O) groups excluding carboxylic acids is 4. The molecule has 1 heterocycles. The third-order valence-corrected chi connectivity index (χ3v) is 3.51. The van der Waals surface area contributed by atoms with Gasteiger partial charge in [-0.25, -0.2) is 0 Å². The highest BCUT2D eigenvalue weighted by atomic mass is 32.2. The van der Waals surface area contributed by atoms with E-state index in [1.54, 1.807) is 0 Å². The van der Waals surface area contributed by atoms with E-state index in [4.69, 9.17) is 10.5 Å². The average molecular weight is 288 g/mol. The van der Waals surface area contributed by atoms with E-state index in [1.807, 2.05) is 6.92 Å². The summed E-state index contributed by atoms with van der Waals surface area (Å²) in [6, 6.07) is 0. The van der Waals surface area contributed by atoms with Crippen LogP contribution in [0.1, 0.15) is 26.2 Å². The fourth-order valence-electron chi connectivity index (χ4n) is 1.47. The van der Waals surface area contributed by atoms with E-state index in [1.165, 1.54) is 0 Å². The first-order valence-electron chi connectivity index (χ1n) is 5.91. The number of nitrogens with two attached hydrogens (primary N) is 1. The van der Waals surface area contributed by atoms with Crippen molar-refractivity contribution in [3.8, 4) is 0 Å². The molecule has 3 amide bonds. The summed E-state index contributed by atoms with van der Waals surface area (Å²) in [4.78, 5) is 46.2. The van der Waals surface area contributed by atoms with Gasteiger partial charge in [0.1, 0.15) is 11.8 Å². The van der Waals surface area contributed by atoms with Gasteiger partial charge in [0, 0.05) is 0 Å². The molecule has 0 aromatic rings. The van der Waals surface area contributed by atoms with Gasteiger partial charge in [-0.3, -0.25) is 24.1 Å². The normalized spacial score (nSPS) is 18.8. The molecule has 1 fully saturated rings. The van der Waals surface area contributed by atoms with Gasteiger partial charge in [0.25, 0.3) is 5.24 Å². The average Bonchev–Trinajstić information content (AvgIpc) is 2.57. The highest BCUT2D eigenvalue weighted by Crippen LogP contribution is 2.29. The molecule has 1 aliphatic rings. The maximum Gasteiger partial charge on any atom is 0.307 e. The number of rotatable bonds is 7. The summed E-state index contributed by atoms with van der Waals surface area (Å²) in [5.41, 5.74) is 4.94. The van der Waals surface area contributed by atoms with E-state index in [9.17, 15) is 19.2 Å². The first-order valence-corrected chi connectivity index (χ1v) is 6.79. The maximum atomic E-state index is 11.8. The number of unbranched alkanes of at least 4 members (excludes halogenated alkanes) is 1. The lowest BCUT2D eigenvalue weighted by atomic mass is 10.2. The molecule has 0 spiro atoms. The SMILES string of the molecule is CCCCOC(=O)C[C@@H]1SC(=O)N(CC(N)=O)C1=O. The molecule has 19 heavy (non-hydrogen) atoms. The van der Waals surface area contributed by atoms with E-state index >= 15 is 0 Å². The fraction of sp³-hybridized carbons (Fsp3) is 0.636. The van der Waals surface area contributed by atoms with Crippen LogP contribution < -0.4 is 5.73 Å². The predicted molar refractivity (Wildman–Crippen MR) is 68.2 cm³/mol. The second-order valence-electron chi connectivity index (χ2n) is 4.04. The van der Waals surface area contributed by atoms with Crippen LogP contribution in [0.25, 0.3) is 0 Å². The van der Waals surface area contributed by atoms with Gasteiger partial charge in [-0.05, 0) is 6.42 Å². The van der Waals surface area contributed by atoms with Gasteiger partial charge in [-0.1, -0.05) is 25.1 Å². The molecule has 0 unspecified atom stereocenters. The largest absolute Gasteiger partial charge is 0.466 e. The summed E-state index contributed by atoms with van der Waals surface area (Å²) in [5, 5.41) is -1.38. The molecule has 7 nitrogen and oxygen atoms in total. The van der Waals surface area contributed by atoms with Gasteiger partial charge in [0.05, 0.1) is 13.0 Å². The molecule has 0 bridgehead atoms. The number of nitrogens with zero attached hydrogens (tertiary/aromatic N) is 1. The van der Waals surface area contributed by atoms with Crippen LogP contribution in [-0.4, -0.2) is 46.3 Å². The van der Waals surface area contributed by atoms with E-state index in [2.05, 4.69) is 0 Å². The molecular weight excluding hydrogens is 272 g/mol. The Kier molecular flexibility index (Phi) is 5.81. The number of hydrogen-bond acceptors (Lipinski definition) is 6. The van der Waals surface area contributed by atoms with E-state index in [-0.39, 0.29) is 6.42 Å². The Morgan fingerprint density at radius 1 is 1.42 bits per heavy atom. The van der Waals surface area contributed by atoms with Crippen LogP contribution in [0, 0.1) is 0 Å². The van der Waals surface area contributed by atoms with Crippen molar-refractivity contribution in [1.82, 2.24) is 4.90 Å². The molecule has 1 aliphatic heterocycles. The highest BCUT2D eigenvalue weighted by Gasteiger charge is 2.41. The molecule has 0 aliphatic carbocycles. The molecule has 0 aromatic heterocycles. The Morgan fingerprint density at radius 3 is 2.68 bits per heavy atom. The molecule has 0 saturated carbocycles. The Balaban J connectivity index is 2.48. The number of thioether (sulfide) groups is 1. The van der Waals surface area contributed by atoms with Crippen molar-refractivity contribution in [3.63, 3.8) is 0 Å². The molecule has 1 rings (SSSR count). The minimum absolute atomic E-state index is 0.172. The summed E-state index contributed by atoms with van der Waals surface area (Å²) in [7, 11) is 0. The summed E-state index contributed by atoms with van der Waals surface area (Å²) in [6.07, 6.45) is 1.48. The zero-order chi connectivity index (χ0) is 14.4. The monoisotopic (exact) mass is 288 g/mol. The molecule has 106 valence electrons. The van der Waals surface area contributed by atoms with E-state index < -0.39 is 34.8 Å². The quantitative estimate of drug-likeness (QED) is 0.532. The van der Waals surface area contributed by atoms with Crippen molar-refractivity contribution in [2.24, 2.45) is 5.73 Å². The van der Waals surface area contributed by atoms with E-state index in [0.29, 0.717) is 6.61 Å². The Morgan fingerprint density at radius 2 is 2.11 bits per heavy atom. The Bertz CT molecular complexity index is 399. The number of ether oxygens (including phenoxy) is 1. The summed E-state index contributed by atoms with van der Waals surface area (Å²) >= 11 is 0.720. The molecule has 1 atom stereocenters. The van der Waals surface area contributed by atoms with Gasteiger partial charge >= 0.3 is 5.97 Å². The zero-order valence-electron chi connectivity index (χ0n) is 10.6. The van der Waals surface area contributed by atoms with Gasteiger partial charge in [-0.15, -0.1) is 0 Å². The van der Waals surface area contributed by atoms with Crippen LogP contribution in [0.5, 0.6) is 0 Å². The van der Waals surface area contributed by atoms with Crippen molar-refractivity contribution in [1.29, 1.82) is 0 Å². The van der Waals surface area contributed by atoms with Gasteiger partial charge < -0.3 is 10.5 Å². The highest BCUT2D eigenvalue weighted by molar-refractivity contribution is 8.15. The second kappa shape index (κ2) is 7.13. The third kappa shape index (κ3) is 4.55. The van der Waals surface area contributed by atoms with Gasteiger partial charge in [0.2, 0.25) is 11.8 Å². The smallest absolute Gasteiger partial charge is 0.307 e. The number of hydrogen-bond donors (Lipinski definition) is 1. The summed E-state index contributed by atoms with van der Waals surface area (Å²) in [6.45, 7) is 1.82. The molecule has 1 saturated heterocycles. The number of primary amides is 1. The zero-order valence-corrected chi connectivity index (χ0v) is 11.4. The van der Waals surface area contributed by atoms with Crippen molar-refractivity contribution >= 4 is 34.8 Å². The topological polar surface area (TPSA) is 107 Å². The van der Waals surface area contributed by atoms with E-state index in [0.717, 1.165) is 29.5 Å². The second-order valence-corrected chi connectivity index (χ2v) is 5.20. The fourth-order valence-corrected chi connectivity index (χ4v) is 2.44. The van der Waals surface area contributed by atoms with Crippen LogP contribution in [0.2, 0.25) is 0 Å². The number of imide groups is 1. The van der Waals surface area contributed by atoms with Gasteiger partial charge in [0.15, 0.2) is 0 Å². The number of amides is 3. The minimum atomic E-state index is -0.819. The minimum Gasteiger partial charge on any atom is -0.466 e. The Labute approximate surface area is 114 Å². The lowest BCUT2D eigenvalue weighted by Gasteiger charge is -2.11. The van der Waals surface area contributed by atoms with Crippen molar-refractivity contribution < 1.29 is 23.9 Å². The van der Waals surface area contributed by atoms with Crippen LogP contribution in [-0.2, 0) is 19.1 Å². The first kappa shape index (κ1) is 15.5. The first-order chi connectivity index (χ1) is 8.95. The molecule has 2 N–H and O–H groups in total. The number of esters is 1. The number of carbonyl (C=O) groups is 4. The molecular formula is C11H16N2O5S. The van der Waals surface area contributed by atoms with Crippen molar-refractivity contribution in [3.05, 3.63) is 0 Å². The van der Waals surface area contributed by atoms with Gasteiger partial charge in [-0.2, -0.15) is 0 Å². The van der Waals surface area contributed by atoms with Crippen molar-refractivity contribution in [2.75, 3.05) is 13.2 Å². The van der Waals surface area contributed by atoms with Crippen LogP contribution in [0.4, 0.5) is 4.79 Å². The van der Waals surface area contributed by atoms with Crippen LogP contribution >= 0.6 is 11.8 Å². The molecule has 0 radical (unpaired) electrons. The maximum absolute atomic E-state index is 11.8. The predicted octanol–water partition coefficient (Wildman–Crippen LogP) is 0.269. The van der Waals surface area contributed by atoms with Crippen LogP contribution in [0.3, 0.4) is 0 Å².